The second-order valence-electron chi connectivity index (χ2n) is 3.98. The molecule has 1 N–H and O–H groups in total. The van der Waals surface area contributed by atoms with Crippen molar-refractivity contribution in [1.82, 2.24) is 9.97 Å². The summed E-state index contributed by atoms with van der Waals surface area (Å²) in [6, 6.07) is 3.73. The van der Waals surface area contributed by atoms with Gasteiger partial charge in [-0.2, -0.15) is 0 Å². The highest BCUT2D eigenvalue weighted by Crippen LogP contribution is 2.23. The van der Waals surface area contributed by atoms with Crippen LogP contribution in [0.1, 0.15) is 20.9 Å². The molecule has 2 aromatic rings. The van der Waals surface area contributed by atoms with Crippen molar-refractivity contribution in [3.63, 3.8) is 0 Å². The Morgan fingerprint density at radius 1 is 1.45 bits per heavy atom. The first-order valence-electron chi connectivity index (χ1n) is 5.92. The second-order valence-corrected chi connectivity index (χ2v) is 5.18. The Labute approximate surface area is 120 Å². The van der Waals surface area contributed by atoms with Crippen LogP contribution in [0.3, 0.4) is 0 Å². The monoisotopic (exact) mass is 293 g/mol. The third-order valence-electron chi connectivity index (χ3n) is 2.63. The maximum absolute atomic E-state index is 11.5. The van der Waals surface area contributed by atoms with Crippen molar-refractivity contribution in [2.45, 2.75) is 13.5 Å². The van der Waals surface area contributed by atoms with E-state index in [0.717, 1.165) is 10.4 Å². The van der Waals surface area contributed by atoms with E-state index in [9.17, 15) is 4.79 Å². The number of pyridine rings is 1. The van der Waals surface area contributed by atoms with Crippen molar-refractivity contribution in [3.8, 4) is 5.88 Å². The summed E-state index contributed by atoms with van der Waals surface area (Å²) in [6.07, 6.45) is 1.68. The topological polar surface area (TPSA) is 73.3 Å². The largest absolute Gasteiger partial charge is 0.481 e. The summed E-state index contributed by atoms with van der Waals surface area (Å²) >= 11 is 1.42. The molecule has 2 heterocycles. The number of aryl methyl sites for hydroxylation is 1. The molecule has 0 saturated carbocycles. The number of esters is 1. The molecule has 0 aliphatic rings. The molecule has 0 saturated heterocycles. The van der Waals surface area contributed by atoms with E-state index in [0.29, 0.717) is 23.3 Å². The molecule has 0 bridgehead atoms. The van der Waals surface area contributed by atoms with Gasteiger partial charge in [0.05, 0.1) is 14.2 Å². The third kappa shape index (κ3) is 3.24. The van der Waals surface area contributed by atoms with Crippen LogP contribution in [0.25, 0.3) is 0 Å². The molecule has 0 aromatic carbocycles. The van der Waals surface area contributed by atoms with E-state index >= 15 is 0 Å². The zero-order chi connectivity index (χ0) is 14.5. The number of anilines is 1. The van der Waals surface area contributed by atoms with Gasteiger partial charge >= 0.3 is 5.97 Å². The lowest BCUT2D eigenvalue weighted by molar-refractivity contribution is 0.0594. The van der Waals surface area contributed by atoms with Crippen LogP contribution in [0, 0.1) is 6.92 Å². The standard InChI is InChI=1S/C13H15N3O3S/c1-8-11(12(17)19-3)16-13(20-8)15-7-9-4-5-14-10(6-9)18-2/h4-6H,7H2,1-3H3,(H,15,16). The Kier molecular flexibility index (Phi) is 4.52. The van der Waals surface area contributed by atoms with Gasteiger partial charge < -0.3 is 14.8 Å². The van der Waals surface area contributed by atoms with Crippen LogP contribution in [0.5, 0.6) is 5.88 Å². The minimum absolute atomic E-state index is 0.354. The van der Waals surface area contributed by atoms with Crippen molar-refractivity contribution < 1.29 is 14.3 Å². The van der Waals surface area contributed by atoms with E-state index in [1.54, 1.807) is 13.3 Å². The van der Waals surface area contributed by atoms with Crippen LogP contribution < -0.4 is 10.1 Å². The quantitative estimate of drug-likeness (QED) is 0.852. The number of nitrogens with zero attached hydrogens (tertiary/aromatic N) is 2. The maximum atomic E-state index is 11.5. The number of carbonyl (C=O) groups is 1. The van der Waals surface area contributed by atoms with E-state index in [4.69, 9.17) is 4.74 Å². The van der Waals surface area contributed by atoms with Gasteiger partial charge in [-0.25, -0.2) is 14.8 Å². The van der Waals surface area contributed by atoms with Crippen LogP contribution in [0.15, 0.2) is 18.3 Å². The first-order valence-corrected chi connectivity index (χ1v) is 6.74. The molecular weight excluding hydrogens is 278 g/mol. The molecule has 2 aromatic heterocycles. The van der Waals surface area contributed by atoms with Gasteiger partial charge in [0.25, 0.3) is 0 Å². The van der Waals surface area contributed by atoms with Crippen molar-refractivity contribution in [3.05, 3.63) is 34.5 Å². The Bertz CT molecular complexity index is 613. The first-order chi connectivity index (χ1) is 9.63. The molecular formula is C13H15N3O3S. The zero-order valence-electron chi connectivity index (χ0n) is 11.5. The summed E-state index contributed by atoms with van der Waals surface area (Å²) < 4.78 is 9.74. The lowest BCUT2D eigenvalue weighted by Gasteiger charge is -2.04. The summed E-state index contributed by atoms with van der Waals surface area (Å²) in [5.41, 5.74) is 1.37. The van der Waals surface area contributed by atoms with Gasteiger partial charge in [-0.05, 0) is 18.6 Å². The molecule has 0 amide bonds. The van der Waals surface area contributed by atoms with Crippen LogP contribution in [0.4, 0.5) is 5.13 Å². The van der Waals surface area contributed by atoms with Gasteiger partial charge in [0.15, 0.2) is 10.8 Å². The van der Waals surface area contributed by atoms with Gasteiger partial charge in [0.1, 0.15) is 0 Å². The fourth-order valence-electron chi connectivity index (χ4n) is 1.61. The minimum Gasteiger partial charge on any atom is -0.481 e. The zero-order valence-corrected chi connectivity index (χ0v) is 12.3. The molecule has 0 unspecified atom stereocenters. The Morgan fingerprint density at radius 3 is 2.95 bits per heavy atom. The Hall–Kier alpha value is -2.15. The molecule has 7 heteroatoms. The van der Waals surface area contributed by atoms with E-state index in [1.165, 1.54) is 18.4 Å². The first kappa shape index (κ1) is 14.3. The lowest BCUT2D eigenvalue weighted by Crippen LogP contribution is -2.04. The summed E-state index contributed by atoms with van der Waals surface area (Å²) in [7, 11) is 2.92. The van der Waals surface area contributed by atoms with Crippen molar-refractivity contribution in [2.75, 3.05) is 19.5 Å². The number of rotatable bonds is 5. The Morgan fingerprint density at radius 2 is 2.25 bits per heavy atom. The number of ether oxygens (including phenoxy) is 2. The smallest absolute Gasteiger partial charge is 0.357 e. The van der Waals surface area contributed by atoms with Gasteiger partial charge in [-0.15, -0.1) is 11.3 Å². The van der Waals surface area contributed by atoms with Crippen molar-refractivity contribution in [1.29, 1.82) is 0 Å². The summed E-state index contributed by atoms with van der Waals surface area (Å²) in [5.74, 6) is 0.146. The molecule has 0 atom stereocenters. The number of methoxy groups -OCH3 is 2. The normalized spacial score (nSPS) is 10.2. The number of thiazole rings is 1. The molecule has 0 aliphatic carbocycles. The lowest BCUT2D eigenvalue weighted by atomic mass is 10.3. The van der Waals surface area contributed by atoms with Crippen molar-refractivity contribution in [2.24, 2.45) is 0 Å². The second kappa shape index (κ2) is 6.33. The van der Waals surface area contributed by atoms with Gasteiger partial charge in [-0.1, -0.05) is 0 Å². The maximum Gasteiger partial charge on any atom is 0.357 e. The predicted octanol–water partition coefficient (Wildman–Crippen LogP) is 2.25. The van der Waals surface area contributed by atoms with Crippen molar-refractivity contribution >= 4 is 22.4 Å². The fraction of sp³-hybridized carbons (Fsp3) is 0.308. The van der Waals surface area contributed by atoms with Gasteiger partial charge in [0, 0.05) is 23.7 Å². The summed E-state index contributed by atoms with van der Waals surface area (Å²) in [5, 5.41) is 3.85. The highest BCUT2D eigenvalue weighted by molar-refractivity contribution is 7.15. The third-order valence-corrected chi connectivity index (χ3v) is 3.56. The Balaban J connectivity index is 2.05. The summed E-state index contributed by atoms with van der Waals surface area (Å²) in [4.78, 5) is 20.6. The van der Waals surface area contributed by atoms with Gasteiger partial charge in [0.2, 0.25) is 5.88 Å². The summed E-state index contributed by atoms with van der Waals surface area (Å²) in [6.45, 7) is 2.41. The number of nitrogens with one attached hydrogen (secondary N) is 1. The van der Waals surface area contributed by atoms with Crippen LogP contribution >= 0.6 is 11.3 Å². The molecule has 20 heavy (non-hydrogen) atoms. The highest BCUT2D eigenvalue weighted by Gasteiger charge is 2.15. The molecule has 0 fully saturated rings. The average molecular weight is 293 g/mol. The van der Waals surface area contributed by atoms with Gasteiger partial charge in [-0.3, -0.25) is 0 Å². The highest BCUT2D eigenvalue weighted by atomic mass is 32.1. The number of hydrogen-bond acceptors (Lipinski definition) is 7. The van der Waals surface area contributed by atoms with Crippen LogP contribution in [-0.4, -0.2) is 30.2 Å². The molecule has 2 rings (SSSR count). The molecule has 0 radical (unpaired) electrons. The van der Waals surface area contributed by atoms with E-state index < -0.39 is 5.97 Å². The molecule has 0 aliphatic heterocycles. The van der Waals surface area contributed by atoms with E-state index in [2.05, 4.69) is 20.0 Å². The van der Waals surface area contributed by atoms with Crippen LogP contribution in [-0.2, 0) is 11.3 Å². The number of aromatic nitrogens is 2. The minimum atomic E-state index is -0.419. The predicted molar refractivity (Wildman–Crippen MR) is 76.3 cm³/mol. The fourth-order valence-corrected chi connectivity index (χ4v) is 2.40. The molecule has 6 nitrogen and oxygen atoms in total. The van der Waals surface area contributed by atoms with E-state index in [1.807, 2.05) is 19.1 Å². The van der Waals surface area contributed by atoms with Crippen LogP contribution in [0.2, 0.25) is 0 Å². The molecule has 0 spiro atoms. The SMILES string of the molecule is COC(=O)c1nc(NCc2ccnc(OC)c2)sc1C. The number of carbonyl (C=O) groups excluding carboxylic acids is 1. The average Bonchev–Trinajstić information content (AvgIpc) is 2.85. The van der Waals surface area contributed by atoms with E-state index in [-0.39, 0.29) is 0 Å². The number of hydrogen-bond donors (Lipinski definition) is 1. The molecule has 106 valence electrons.